The quantitative estimate of drug-likeness (QED) is 0.678. The van der Waals surface area contributed by atoms with Crippen molar-refractivity contribution in [1.82, 2.24) is 0 Å². The molecule has 86 valence electrons. The zero-order chi connectivity index (χ0) is 11.7. The van der Waals surface area contributed by atoms with Gasteiger partial charge in [0.15, 0.2) is 17.5 Å². The minimum atomic E-state index is -1.53. The average Bonchev–Trinajstić information content (AvgIpc) is 2.28. The molecule has 1 amide bonds. The first-order valence-electron chi connectivity index (χ1n) is 5.05. The minimum Gasteiger partial charge on any atom is -0.310 e. The highest BCUT2D eigenvalue weighted by Crippen LogP contribution is 2.26. The van der Waals surface area contributed by atoms with Gasteiger partial charge in [0, 0.05) is 13.0 Å². The van der Waals surface area contributed by atoms with E-state index in [0.717, 1.165) is 25.0 Å². The molecule has 1 aromatic carbocycles. The summed E-state index contributed by atoms with van der Waals surface area (Å²) in [5.41, 5.74) is -0.177. The van der Waals surface area contributed by atoms with E-state index in [0.29, 0.717) is 13.0 Å². The summed E-state index contributed by atoms with van der Waals surface area (Å²) in [6.45, 7) is 0.348. The third-order valence-corrected chi connectivity index (χ3v) is 2.63. The van der Waals surface area contributed by atoms with Gasteiger partial charge in [0.05, 0.1) is 5.69 Å². The fourth-order valence-electron chi connectivity index (χ4n) is 1.78. The molecule has 0 atom stereocenters. The number of nitrogens with zero attached hydrogens (tertiary/aromatic N) is 1. The van der Waals surface area contributed by atoms with Crippen LogP contribution in [0, 0.1) is 17.5 Å². The summed E-state index contributed by atoms with van der Waals surface area (Å²) in [6.07, 6.45) is 1.81. The second-order valence-electron chi connectivity index (χ2n) is 3.70. The maximum Gasteiger partial charge on any atom is 0.227 e. The lowest BCUT2D eigenvalue weighted by molar-refractivity contribution is -0.119. The number of hydrogen-bond acceptors (Lipinski definition) is 1. The molecule has 0 radical (unpaired) electrons. The van der Waals surface area contributed by atoms with E-state index in [4.69, 9.17) is 0 Å². The van der Waals surface area contributed by atoms with Crippen molar-refractivity contribution in [3.05, 3.63) is 29.6 Å². The molecular weight excluding hydrogens is 219 g/mol. The number of carbonyl (C=O) groups excluding carboxylic acids is 1. The number of benzene rings is 1. The second-order valence-corrected chi connectivity index (χ2v) is 3.70. The first-order chi connectivity index (χ1) is 7.61. The number of rotatable bonds is 1. The molecule has 2 nitrogen and oxygen atoms in total. The van der Waals surface area contributed by atoms with Crippen molar-refractivity contribution in [2.75, 3.05) is 11.4 Å². The monoisotopic (exact) mass is 229 g/mol. The van der Waals surface area contributed by atoms with Crippen LogP contribution in [-0.2, 0) is 4.79 Å². The number of carbonyl (C=O) groups is 1. The van der Waals surface area contributed by atoms with E-state index in [1.54, 1.807) is 0 Å². The highest BCUT2D eigenvalue weighted by Gasteiger charge is 2.24. The average molecular weight is 229 g/mol. The molecule has 0 saturated carbocycles. The predicted molar refractivity (Wildman–Crippen MR) is 52.5 cm³/mol. The van der Waals surface area contributed by atoms with E-state index in [1.807, 2.05) is 0 Å². The summed E-state index contributed by atoms with van der Waals surface area (Å²) >= 11 is 0. The van der Waals surface area contributed by atoms with Gasteiger partial charge in [0.1, 0.15) is 0 Å². The van der Waals surface area contributed by atoms with Gasteiger partial charge < -0.3 is 4.90 Å². The van der Waals surface area contributed by atoms with E-state index in [-0.39, 0.29) is 11.6 Å². The Morgan fingerprint density at radius 2 is 1.81 bits per heavy atom. The van der Waals surface area contributed by atoms with Crippen LogP contribution in [0.3, 0.4) is 0 Å². The van der Waals surface area contributed by atoms with Gasteiger partial charge in [-0.15, -0.1) is 0 Å². The van der Waals surface area contributed by atoms with E-state index in [1.165, 1.54) is 4.90 Å². The Kier molecular flexibility index (Phi) is 2.85. The Balaban J connectivity index is 2.40. The number of hydrogen-bond donors (Lipinski definition) is 0. The van der Waals surface area contributed by atoms with Gasteiger partial charge in [-0.3, -0.25) is 4.79 Å². The van der Waals surface area contributed by atoms with Crippen LogP contribution in [0.15, 0.2) is 12.1 Å². The van der Waals surface area contributed by atoms with Gasteiger partial charge in [-0.2, -0.15) is 0 Å². The summed E-state index contributed by atoms with van der Waals surface area (Å²) in [6, 6.07) is 1.92. The summed E-state index contributed by atoms with van der Waals surface area (Å²) in [5, 5.41) is 0. The third-order valence-electron chi connectivity index (χ3n) is 2.63. The maximum absolute atomic E-state index is 13.4. The van der Waals surface area contributed by atoms with E-state index in [2.05, 4.69) is 0 Å². The van der Waals surface area contributed by atoms with Crippen molar-refractivity contribution in [1.29, 1.82) is 0 Å². The Morgan fingerprint density at radius 3 is 2.50 bits per heavy atom. The first kappa shape index (κ1) is 11.0. The highest BCUT2D eigenvalue weighted by molar-refractivity contribution is 5.94. The van der Waals surface area contributed by atoms with Gasteiger partial charge in [-0.1, -0.05) is 0 Å². The molecule has 2 rings (SSSR count). The summed E-state index contributed by atoms with van der Waals surface area (Å²) in [7, 11) is 0. The zero-order valence-electron chi connectivity index (χ0n) is 8.47. The topological polar surface area (TPSA) is 20.3 Å². The van der Waals surface area contributed by atoms with Gasteiger partial charge in [-0.25, -0.2) is 13.2 Å². The van der Waals surface area contributed by atoms with Gasteiger partial charge in [0.2, 0.25) is 5.91 Å². The number of anilines is 1. The normalized spacial score (nSPS) is 16.7. The standard InChI is InChI=1S/C11H10F3NO/c12-7-4-5-8(11(14)10(7)13)15-6-2-1-3-9(15)16/h4-5H,1-3,6H2. The fourth-order valence-corrected chi connectivity index (χ4v) is 1.78. The predicted octanol–water partition coefficient (Wildman–Crippen LogP) is 2.62. The van der Waals surface area contributed by atoms with E-state index in [9.17, 15) is 18.0 Å². The minimum absolute atomic E-state index is 0.177. The van der Waals surface area contributed by atoms with Crippen molar-refractivity contribution in [3.8, 4) is 0 Å². The molecule has 1 aromatic rings. The lowest BCUT2D eigenvalue weighted by atomic mass is 10.1. The van der Waals surface area contributed by atoms with Crippen LogP contribution in [-0.4, -0.2) is 12.5 Å². The maximum atomic E-state index is 13.4. The highest BCUT2D eigenvalue weighted by atomic mass is 19.2. The fraction of sp³-hybridized carbons (Fsp3) is 0.364. The van der Waals surface area contributed by atoms with Gasteiger partial charge in [-0.05, 0) is 25.0 Å². The van der Waals surface area contributed by atoms with Crippen molar-refractivity contribution in [2.45, 2.75) is 19.3 Å². The molecule has 5 heteroatoms. The van der Waals surface area contributed by atoms with Gasteiger partial charge in [0.25, 0.3) is 0 Å². The molecule has 1 aliphatic rings. The van der Waals surface area contributed by atoms with Crippen LogP contribution >= 0.6 is 0 Å². The van der Waals surface area contributed by atoms with Crippen LogP contribution in [0.1, 0.15) is 19.3 Å². The molecule has 1 heterocycles. The van der Waals surface area contributed by atoms with E-state index < -0.39 is 17.5 Å². The number of amides is 1. The van der Waals surface area contributed by atoms with Crippen molar-refractivity contribution in [2.24, 2.45) is 0 Å². The number of halogens is 3. The Labute approximate surface area is 90.7 Å². The molecule has 0 aromatic heterocycles. The lowest BCUT2D eigenvalue weighted by Gasteiger charge is -2.27. The molecule has 0 bridgehead atoms. The molecule has 16 heavy (non-hydrogen) atoms. The SMILES string of the molecule is O=C1CCCCN1c1ccc(F)c(F)c1F. The van der Waals surface area contributed by atoms with Crippen molar-refractivity contribution < 1.29 is 18.0 Å². The molecule has 1 saturated heterocycles. The molecule has 0 spiro atoms. The second kappa shape index (κ2) is 4.15. The van der Waals surface area contributed by atoms with Crippen molar-refractivity contribution in [3.63, 3.8) is 0 Å². The smallest absolute Gasteiger partial charge is 0.227 e. The molecule has 0 unspecified atom stereocenters. The van der Waals surface area contributed by atoms with Crippen LogP contribution in [0.5, 0.6) is 0 Å². The van der Waals surface area contributed by atoms with Crippen LogP contribution in [0.4, 0.5) is 18.9 Å². The van der Waals surface area contributed by atoms with Crippen LogP contribution in [0.2, 0.25) is 0 Å². The molecule has 0 N–H and O–H groups in total. The molecular formula is C11H10F3NO. The molecule has 1 aliphatic heterocycles. The van der Waals surface area contributed by atoms with Crippen LogP contribution in [0.25, 0.3) is 0 Å². The summed E-state index contributed by atoms with van der Waals surface area (Å²) in [5.74, 6) is -4.33. The largest absolute Gasteiger partial charge is 0.310 e. The van der Waals surface area contributed by atoms with Crippen LogP contribution < -0.4 is 4.90 Å². The zero-order valence-corrected chi connectivity index (χ0v) is 8.47. The summed E-state index contributed by atoms with van der Waals surface area (Å²) < 4.78 is 39.1. The van der Waals surface area contributed by atoms with E-state index >= 15 is 0 Å². The first-order valence-corrected chi connectivity index (χ1v) is 5.05. The van der Waals surface area contributed by atoms with Crippen molar-refractivity contribution >= 4 is 11.6 Å². The Hall–Kier alpha value is -1.52. The van der Waals surface area contributed by atoms with Gasteiger partial charge >= 0.3 is 0 Å². The number of piperidine rings is 1. The Morgan fingerprint density at radius 1 is 1.06 bits per heavy atom. The third kappa shape index (κ3) is 1.77. The summed E-state index contributed by atoms with van der Waals surface area (Å²) in [4.78, 5) is 12.7. The molecule has 1 fully saturated rings. The lowest BCUT2D eigenvalue weighted by Crippen LogP contribution is -2.36. The Bertz CT molecular complexity index is 433. The molecule has 0 aliphatic carbocycles.